The SMILES string of the molecule is c1ccc(N(c2ccc3c(c2)sc2cccc(-c4nc5c(ccc6ccccc65)o4)c23)c2cccc3ccccc23)cc1. The molecule has 0 spiro atoms. The van der Waals surface area contributed by atoms with Crippen LogP contribution in [0.5, 0.6) is 0 Å². The highest BCUT2D eigenvalue weighted by Gasteiger charge is 2.19. The fourth-order valence-electron chi connectivity index (χ4n) is 6.32. The number of nitrogens with zero attached hydrogens (tertiary/aromatic N) is 2. The van der Waals surface area contributed by atoms with Gasteiger partial charge in [0.25, 0.3) is 0 Å². The van der Waals surface area contributed by atoms with E-state index in [1.54, 1.807) is 0 Å². The van der Waals surface area contributed by atoms with Gasteiger partial charge in [0.1, 0.15) is 5.52 Å². The van der Waals surface area contributed by atoms with Crippen LogP contribution in [0.4, 0.5) is 17.1 Å². The van der Waals surface area contributed by atoms with Crippen molar-refractivity contribution in [3.63, 3.8) is 0 Å². The van der Waals surface area contributed by atoms with Crippen molar-refractivity contribution in [1.29, 1.82) is 0 Å². The van der Waals surface area contributed by atoms with Crippen molar-refractivity contribution in [3.05, 3.63) is 146 Å². The minimum Gasteiger partial charge on any atom is -0.436 e. The normalized spacial score (nSPS) is 11.7. The lowest BCUT2D eigenvalue weighted by Crippen LogP contribution is -2.10. The van der Waals surface area contributed by atoms with Crippen LogP contribution in [-0.4, -0.2) is 4.98 Å². The number of thiophene rings is 1. The molecule has 0 aliphatic heterocycles. The van der Waals surface area contributed by atoms with Crippen LogP contribution in [0.1, 0.15) is 0 Å². The molecule has 0 fully saturated rings. The zero-order valence-electron chi connectivity index (χ0n) is 23.1. The molecule has 0 saturated carbocycles. The zero-order chi connectivity index (χ0) is 28.3. The monoisotopic (exact) mass is 568 g/mol. The van der Waals surface area contributed by atoms with E-state index in [-0.39, 0.29) is 0 Å². The highest BCUT2D eigenvalue weighted by molar-refractivity contribution is 7.26. The van der Waals surface area contributed by atoms with Gasteiger partial charge in [-0.1, -0.05) is 97.1 Å². The molecule has 7 aromatic carbocycles. The van der Waals surface area contributed by atoms with E-state index < -0.39 is 0 Å². The highest BCUT2D eigenvalue weighted by atomic mass is 32.1. The summed E-state index contributed by atoms with van der Waals surface area (Å²) in [6.45, 7) is 0. The lowest BCUT2D eigenvalue weighted by Gasteiger charge is -2.27. The molecule has 43 heavy (non-hydrogen) atoms. The Kier molecular flexibility index (Phi) is 5.37. The van der Waals surface area contributed by atoms with E-state index in [0.29, 0.717) is 5.89 Å². The predicted octanol–water partition coefficient (Wildman–Crippen LogP) is 11.6. The summed E-state index contributed by atoms with van der Waals surface area (Å²) >= 11 is 1.81. The Morgan fingerprint density at radius 1 is 0.535 bits per heavy atom. The minimum absolute atomic E-state index is 0.655. The smallest absolute Gasteiger partial charge is 0.228 e. The summed E-state index contributed by atoms with van der Waals surface area (Å²) in [5.41, 5.74) is 6.13. The highest BCUT2D eigenvalue weighted by Crippen LogP contribution is 2.45. The van der Waals surface area contributed by atoms with Crippen LogP contribution in [0.2, 0.25) is 0 Å². The maximum Gasteiger partial charge on any atom is 0.228 e. The van der Waals surface area contributed by atoms with E-state index in [9.17, 15) is 0 Å². The number of hydrogen-bond acceptors (Lipinski definition) is 4. The van der Waals surface area contributed by atoms with Crippen LogP contribution in [0.15, 0.2) is 150 Å². The summed E-state index contributed by atoms with van der Waals surface area (Å²) in [5, 5.41) is 7.10. The summed E-state index contributed by atoms with van der Waals surface area (Å²) in [6.07, 6.45) is 0. The molecule has 0 aliphatic carbocycles. The van der Waals surface area contributed by atoms with Gasteiger partial charge in [0.2, 0.25) is 5.89 Å². The molecule has 0 atom stereocenters. The van der Waals surface area contributed by atoms with Crippen LogP contribution in [0.3, 0.4) is 0 Å². The van der Waals surface area contributed by atoms with E-state index in [0.717, 1.165) is 44.5 Å². The number of anilines is 3. The number of benzene rings is 7. The van der Waals surface area contributed by atoms with Gasteiger partial charge in [0, 0.05) is 47.9 Å². The topological polar surface area (TPSA) is 29.3 Å². The Bertz CT molecular complexity index is 2470. The first kappa shape index (κ1) is 24.2. The summed E-state index contributed by atoms with van der Waals surface area (Å²) in [7, 11) is 0. The number of aromatic nitrogens is 1. The lowest BCUT2D eigenvalue weighted by molar-refractivity contribution is 0.621. The van der Waals surface area contributed by atoms with E-state index >= 15 is 0 Å². The molecule has 0 amide bonds. The van der Waals surface area contributed by atoms with Crippen molar-refractivity contribution in [3.8, 4) is 11.5 Å². The Balaban J connectivity index is 1.24. The van der Waals surface area contributed by atoms with Gasteiger partial charge < -0.3 is 9.32 Å². The number of para-hydroxylation sites is 1. The summed E-state index contributed by atoms with van der Waals surface area (Å²) < 4.78 is 8.83. The Morgan fingerprint density at radius 3 is 2.16 bits per heavy atom. The van der Waals surface area contributed by atoms with Gasteiger partial charge in [-0.25, -0.2) is 4.98 Å². The first-order chi connectivity index (χ1) is 21.3. The second-order valence-corrected chi connectivity index (χ2v) is 11.9. The second kappa shape index (κ2) is 9.55. The van der Waals surface area contributed by atoms with E-state index in [2.05, 4.69) is 144 Å². The van der Waals surface area contributed by atoms with Crippen LogP contribution in [0.25, 0.3) is 64.3 Å². The molecule has 0 bridgehead atoms. The van der Waals surface area contributed by atoms with Crippen molar-refractivity contribution < 1.29 is 4.42 Å². The average molecular weight is 569 g/mol. The van der Waals surface area contributed by atoms with Crippen molar-refractivity contribution in [1.82, 2.24) is 4.98 Å². The van der Waals surface area contributed by atoms with Crippen molar-refractivity contribution >= 4 is 81.2 Å². The molecule has 0 unspecified atom stereocenters. The number of hydrogen-bond donors (Lipinski definition) is 0. The largest absolute Gasteiger partial charge is 0.436 e. The average Bonchev–Trinajstić information content (AvgIpc) is 3.67. The molecule has 9 aromatic rings. The number of rotatable bonds is 4. The van der Waals surface area contributed by atoms with Gasteiger partial charge in [-0.15, -0.1) is 11.3 Å². The van der Waals surface area contributed by atoms with Gasteiger partial charge in [0.05, 0.1) is 5.69 Å². The predicted molar refractivity (Wildman–Crippen MR) is 182 cm³/mol. The van der Waals surface area contributed by atoms with Crippen LogP contribution < -0.4 is 4.90 Å². The van der Waals surface area contributed by atoms with Crippen molar-refractivity contribution in [2.75, 3.05) is 4.90 Å². The van der Waals surface area contributed by atoms with Crippen LogP contribution in [-0.2, 0) is 0 Å². The van der Waals surface area contributed by atoms with E-state index in [4.69, 9.17) is 9.40 Å². The number of oxazole rings is 1. The fourth-order valence-corrected chi connectivity index (χ4v) is 7.48. The first-order valence-electron chi connectivity index (χ1n) is 14.4. The molecule has 3 nitrogen and oxygen atoms in total. The van der Waals surface area contributed by atoms with Gasteiger partial charge in [0.15, 0.2) is 5.58 Å². The molecule has 2 heterocycles. The molecule has 0 aliphatic rings. The van der Waals surface area contributed by atoms with Crippen LogP contribution in [0, 0.1) is 0 Å². The van der Waals surface area contributed by atoms with Crippen molar-refractivity contribution in [2.45, 2.75) is 0 Å². The molecular formula is C39H24N2OS. The fraction of sp³-hybridized carbons (Fsp3) is 0. The third-order valence-electron chi connectivity index (χ3n) is 8.27. The molecule has 9 rings (SSSR count). The third kappa shape index (κ3) is 3.84. The summed E-state index contributed by atoms with van der Waals surface area (Å²) in [4.78, 5) is 7.39. The lowest BCUT2D eigenvalue weighted by atomic mass is 10.0. The molecular weight excluding hydrogens is 545 g/mol. The number of fused-ring (bicyclic) bond motifs is 7. The molecule has 2 aromatic heterocycles. The van der Waals surface area contributed by atoms with Gasteiger partial charge >= 0.3 is 0 Å². The summed E-state index contributed by atoms with van der Waals surface area (Å²) in [5.74, 6) is 0.655. The van der Waals surface area contributed by atoms with Crippen molar-refractivity contribution in [2.24, 2.45) is 0 Å². The second-order valence-electron chi connectivity index (χ2n) is 10.8. The van der Waals surface area contributed by atoms with Gasteiger partial charge in [-0.2, -0.15) is 0 Å². The zero-order valence-corrected chi connectivity index (χ0v) is 23.9. The van der Waals surface area contributed by atoms with Gasteiger partial charge in [-0.05, 0) is 59.3 Å². The maximum absolute atomic E-state index is 6.39. The molecule has 202 valence electrons. The third-order valence-corrected chi connectivity index (χ3v) is 9.39. The van der Waals surface area contributed by atoms with Gasteiger partial charge in [-0.3, -0.25) is 0 Å². The molecule has 4 heteroatoms. The van der Waals surface area contributed by atoms with E-state index in [1.165, 1.54) is 30.9 Å². The molecule has 0 N–H and O–H groups in total. The standard InChI is InChI=1S/C39H24N2OS/c1-2-13-27(14-3-1)41(33-18-8-12-25-10-4-6-15-29(25)33)28-21-22-31-36(24-28)43-35-19-9-17-32(37(31)35)39-40-38-30-16-7-5-11-26(30)20-23-34(38)42-39/h1-24H. The maximum atomic E-state index is 6.39. The van der Waals surface area contributed by atoms with Crippen LogP contribution >= 0.6 is 11.3 Å². The summed E-state index contributed by atoms with van der Waals surface area (Å²) in [6, 6.07) is 51.4. The Hall–Kier alpha value is -5.45. The Morgan fingerprint density at radius 2 is 1.28 bits per heavy atom. The van der Waals surface area contributed by atoms with E-state index in [1.807, 2.05) is 17.4 Å². The molecule has 0 radical (unpaired) electrons. The Labute approximate surface area is 251 Å². The minimum atomic E-state index is 0.655. The quantitative estimate of drug-likeness (QED) is 0.211. The first-order valence-corrected chi connectivity index (χ1v) is 15.2. The molecule has 0 saturated heterocycles.